The van der Waals surface area contributed by atoms with Gasteiger partial charge >= 0.3 is 0 Å². The van der Waals surface area contributed by atoms with E-state index in [0.717, 1.165) is 12.0 Å². The van der Waals surface area contributed by atoms with Crippen molar-refractivity contribution in [3.8, 4) is 5.75 Å². The summed E-state index contributed by atoms with van der Waals surface area (Å²) in [5.74, 6) is 0.119. The van der Waals surface area contributed by atoms with Gasteiger partial charge in [0.15, 0.2) is 6.10 Å². The topological polar surface area (TPSA) is 67.4 Å². The molecular weight excluding hydrogens is 328 g/mol. The first-order chi connectivity index (χ1) is 12.4. The number of benzene rings is 2. The lowest BCUT2D eigenvalue weighted by Crippen LogP contribution is -2.34. The number of hydrogen-bond donors (Lipinski definition) is 2. The molecule has 2 unspecified atom stereocenters. The number of amides is 2. The third-order valence-corrected chi connectivity index (χ3v) is 4.09. The molecule has 0 heterocycles. The second-order valence-corrected chi connectivity index (χ2v) is 6.39. The second-order valence-electron chi connectivity index (χ2n) is 6.39. The average Bonchev–Trinajstić information content (AvgIpc) is 2.61. The highest BCUT2D eigenvalue weighted by Crippen LogP contribution is 2.18. The number of carbonyl (C=O) groups is 2. The summed E-state index contributed by atoms with van der Waals surface area (Å²) in [6.07, 6.45) is 0.143. The molecule has 5 nitrogen and oxygen atoms in total. The molecule has 0 fully saturated rings. The summed E-state index contributed by atoms with van der Waals surface area (Å²) in [5.41, 5.74) is 1.96. The van der Waals surface area contributed by atoms with E-state index in [1.54, 1.807) is 31.2 Å². The number of nitrogens with one attached hydrogen (secondary N) is 2. The minimum absolute atomic E-state index is 0.0647. The standard InChI is InChI=1S/C21H26N2O3/c1-5-15(3)22-21(25)18-11-6-7-12-19(18)23-20(24)16(4)26-17-10-8-9-14(2)13-17/h6-13,15-16H,5H2,1-4H3,(H,22,25)(H,23,24). The Balaban J connectivity index is 2.07. The third kappa shape index (κ3) is 5.34. The first-order valence-electron chi connectivity index (χ1n) is 8.84. The van der Waals surface area contributed by atoms with Gasteiger partial charge in [-0.15, -0.1) is 0 Å². The largest absolute Gasteiger partial charge is 0.481 e. The molecule has 0 aromatic heterocycles. The quantitative estimate of drug-likeness (QED) is 0.792. The van der Waals surface area contributed by atoms with Crippen molar-refractivity contribution in [1.29, 1.82) is 0 Å². The van der Waals surface area contributed by atoms with E-state index < -0.39 is 6.10 Å². The van der Waals surface area contributed by atoms with Gasteiger partial charge in [0.2, 0.25) is 0 Å². The molecule has 0 aliphatic rings. The normalized spacial score (nSPS) is 12.8. The predicted molar refractivity (Wildman–Crippen MR) is 104 cm³/mol. The van der Waals surface area contributed by atoms with E-state index in [1.807, 2.05) is 45.0 Å². The molecule has 0 radical (unpaired) electrons. The maximum atomic E-state index is 12.5. The number of para-hydroxylation sites is 1. The SMILES string of the molecule is CCC(C)NC(=O)c1ccccc1NC(=O)C(C)Oc1cccc(C)c1. The van der Waals surface area contributed by atoms with E-state index in [2.05, 4.69) is 10.6 Å². The Morgan fingerprint density at radius 1 is 1.08 bits per heavy atom. The van der Waals surface area contributed by atoms with Crippen molar-refractivity contribution in [3.05, 3.63) is 59.7 Å². The molecule has 26 heavy (non-hydrogen) atoms. The van der Waals surface area contributed by atoms with Crippen molar-refractivity contribution >= 4 is 17.5 Å². The van der Waals surface area contributed by atoms with Crippen molar-refractivity contribution in [3.63, 3.8) is 0 Å². The van der Waals surface area contributed by atoms with Crippen LogP contribution in [0.5, 0.6) is 5.75 Å². The Labute approximate surface area is 154 Å². The van der Waals surface area contributed by atoms with Gasteiger partial charge in [0.05, 0.1) is 11.3 Å². The molecule has 0 aliphatic carbocycles. The van der Waals surface area contributed by atoms with Gasteiger partial charge in [-0.2, -0.15) is 0 Å². The first-order valence-corrected chi connectivity index (χ1v) is 8.84. The van der Waals surface area contributed by atoms with E-state index in [0.29, 0.717) is 17.0 Å². The molecule has 2 atom stereocenters. The van der Waals surface area contributed by atoms with Gasteiger partial charge in [-0.3, -0.25) is 9.59 Å². The van der Waals surface area contributed by atoms with Crippen molar-refractivity contribution in [2.75, 3.05) is 5.32 Å². The van der Waals surface area contributed by atoms with Crippen LogP contribution in [0.15, 0.2) is 48.5 Å². The van der Waals surface area contributed by atoms with Crippen LogP contribution in [0.25, 0.3) is 0 Å². The Bertz CT molecular complexity index is 773. The monoisotopic (exact) mass is 354 g/mol. The fourth-order valence-corrected chi connectivity index (χ4v) is 2.37. The van der Waals surface area contributed by atoms with Crippen LogP contribution in [0.2, 0.25) is 0 Å². The van der Waals surface area contributed by atoms with Crippen molar-refractivity contribution < 1.29 is 14.3 Å². The van der Waals surface area contributed by atoms with Gasteiger partial charge in [0.25, 0.3) is 11.8 Å². The second kappa shape index (κ2) is 9.04. The molecule has 0 bridgehead atoms. The Morgan fingerprint density at radius 3 is 2.50 bits per heavy atom. The molecule has 0 saturated heterocycles. The summed E-state index contributed by atoms with van der Waals surface area (Å²) in [6.45, 7) is 7.59. The zero-order valence-corrected chi connectivity index (χ0v) is 15.7. The molecule has 2 N–H and O–H groups in total. The minimum atomic E-state index is -0.692. The first kappa shape index (κ1) is 19.5. The van der Waals surface area contributed by atoms with Crippen LogP contribution in [-0.2, 0) is 4.79 Å². The maximum Gasteiger partial charge on any atom is 0.265 e. The molecule has 2 amide bonds. The fourth-order valence-electron chi connectivity index (χ4n) is 2.37. The maximum absolute atomic E-state index is 12.5. The lowest BCUT2D eigenvalue weighted by atomic mass is 10.1. The Hall–Kier alpha value is -2.82. The number of anilines is 1. The molecule has 2 rings (SSSR count). The van der Waals surface area contributed by atoms with Crippen molar-refractivity contribution in [1.82, 2.24) is 5.32 Å². The lowest BCUT2D eigenvalue weighted by Gasteiger charge is -2.17. The van der Waals surface area contributed by atoms with Gasteiger partial charge in [0.1, 0.15) is 5.75 Å². The van der Waals surface area contributed by atoms with Crippen LogP contribution in [0.4, 0.5) is 5.69 Å². The van der Waals surface area contributed by atoms with Crippen LogP contribution >= 0.6 is 0 Å². The molecule has 5 heteroatoms. The van der Waals surface area contributed by atoms with Crippen LogP contribution < -0.4 is 15.4 Å². The number of carbonyl (C=O) groups excluding carboxylic acids is 2. The summed E-state index contributed by atoms with van der Waals surface area (Å²) in [7, 11) is 0. The zero-order chi connectivity index (χ0) is 19.1. The molecule has 138 valence electrons. The summed E-state index contributed by atoms with van der Waals surface area (Å²) in [4.78, 5) is 24.9. The Morgan fingerprint density at radius 2 is 1.81 bits per heavy atom. The predicted octanol–water partition coefficient (Wildman–Crippen LogP) is 3.93. The summed E-state index contributed by atoms with van der Waals surface area (Å²) < 4.78 is 5.70. The highest BCUT2D eigenvalue weighted by atomic mass is 16.5. The zero-order valence-electron chi connectivity index (χ0n) is 15.7. The molecule has 2 aromatic rings. The summed E-state index contributed by atoms with van der Waals surface area (Å²) in [6, 6.07) is 14.5. The number of hydrogen-bond acceptors (Lipinski definition) is 3. The number of ether oxygens (including phenoxy) is 1. The third-order valence-electron chi connectivity index (χ3n) is 4.09. The van der Waals surface area contributed by atoms with Crippen LogP contribution in [0, 0.1) is 6.92 Å². The fraction of sp³-hybridized carbons (Fsp3) is 0.333. The van der Waals surface area contributed by atoms with Crippen LogP contribution in [0.1, 0.15) is 43.1 Å². The van der Waals surface area contributed by atoms with E-state index in [9.17, 15) is 9.59 Å². The average molecular weight is 354 g/mol. The van der Waals surface area contributed by atoms with Gasteiger partial charge < -0.3 is 15.4 Å². The molecule has 0 aliphatic heterocycles. The van der Waals surface area contributed by atoms with Crippen molar-refractivity contribution in [2.24, 2.45) is 0 Å². The van der Waals surface area contributed by atoms with Gasteiger partial charge in [0, 0.05) is 6.04 Å². The van der Waals surface area contributed by atoms with Gasteiger partial charge in [-0.1, -0.05) is 31.2 Å². The minimum Gasteiger partial charge on any atom is -0.481 e. The molecule has 0 spiro atoms. The molecule has 2 aromatic carbocycles. The van der Waals surface area contributed by atoms with E-state index in [4.69, 9.17) is 4.74 Å². The van der Waals surface area contributed by atoms with E-state index >= 15 is 0 Å². The van der Waals surface area contributed by atoms with Crippen molar-refractivity contribution in [2.45, 2.75) is 46.3 Å². The smallest absolute Gasteiger partial charge is 0.265 e. The van der Waals surface area contributed by atoms with Crippen LogP contribution in [0.3, 0.4) is 0 Å². The molecule has 0 saturated carbocycles. The van der Waals surface area contributed by atoms with Crippen LogP contribution in [-0.4, -0.2) is 24.0 Å². The molecular formula is C21H26N2O3. The van der Waals surface area contributed by atoms with Gasteiger partial charge in [-0.05, 0) is 57.0 Å². The number of aryl methyl sites for hydroxylation is 1. The highest BCUT2D eigenvalue weighted by Gasteiger charge is 2.19. The summed E-state index contributed by atoms with van der Waals surface area (Å²) >= 11 is 0. The lowest BCUT2D eigenvalue weighted by molar-refractivity contribution is -0.122. The highest BCUT2D eigenvalue weighted by molar-refractivity contribution is 6.04. The Kier molecular flexibility index (Phi) is 6.78. The van der Waals surface area contributed by atoms with E-state index in [-0.39, 0.29) is 17.9 Å². The van der Waals surface area contributed by atoms with E-state index in [1.165, 1.54) is 0 Å². The van der Waals surface area contributed by atoms with Gasteiger partial charge in [-0.25, -0.2) is 0 Å². The number of rotatable bonds is 7. The summed E-state index contributed by atoms with van der Waals surface area (Å²) in [5, 5.41) is 5.71.